The highest BCUT2D eigenvalue weighted by Crippen LogP contribution is 2.23. The molecule has 136 valence electrons. The first-order valence-corrected chi connectivity index (χ1v) is 9.61. The molecule has 0 radical (unpaired) electrons. The van der Waals surface area contributed by atoms with Crippen molar-refractivity contribution in [2.24, 2.45) is 5.92 Å². The highest BCUT2D eigenvalue weighted by Gasteiger charge is 2.15. The predicted molar refractivity (Wildman–Crippen MR) is 110 cm³/mol. The number of rotatable bonds is 6. The van der Waals surface area contributed by atoms with Gasteiger partial charge in [-0.1, -0.05) is 55.5 Å². The number of nitrogens with zero attached hydrogens (tertiary/aromatic N) is 2. The Kier molecular flexibility index (Phi) is 5.61. The first-order chi connectivity index (χ1) is 12.4. The van der Waals surface area contributed by atoms with Crippen LogP contribution in [0.25, 0.3) is 11.3 Å². The van der Waals surface area contributed by atoms with Crippen molar-refractivity contribution in [3.8, 4) is 11.3 Å². The minimum Gasteiger partial charge on any atom is -0.267 e. The van der Waals surface area contributed by atoms with E-state index in [0.717, 1.165) is 18.5 Å². The van der Waals surface area contributed by atoms with E-state index in [4.69, 9.17) is 5.10 Å². The molecule has 0 amide bonds. The second-order valence-electron chi connectivity index (χ2n) is 8.35. The van der Waals surface area contributed by atoms with E-state index in [0.29, 0.717) is 5.92 Å². The van der Waals surface area contributed by atoms with Crippen molar-refractivity contribution in [2.45, 2.75) is 52.5 Å². The van der Waals surface area contributed by atoms with Gasteiger partial charge in [0.1, 0.15) is 0 Å². The maximum Gasteiger partial charge on any atom is 0.0923 e. The highest BCUT2D eigenvalue weighted by atomic mass is 15.3. The molecule has 2 aromatic carbocycles. The average molecular weight is 347 g/mol. The summed E-state index contributed by atoms with van der Waals surface area (Å²) in [6, 6.07) is 21.7. The van der Waals surface area contributed by atoms with Gasteiger partial charge < -0.3 is 0 Å². The third-order valence-electron chi connectivity index (χ3n) is 4.85. The van der Waals surface area contributed by atoms with Crippen molar-refractivity contribution < 1.29 is 0 Å². The smallest absolute Gasteiger partial charge is 0.0923 e. The lowest BCUT2D eigenvalue weighted by molar-refractivity contribution is 0.356. The van der Waals surface area contributed by atoms with Crippen LogP contribution in [-0.2, 0) is 18.4 Å². The van der Waals surface area contributed by atoms with E-state index in [2.05, 4.69) is 94.6 Å². The van der Waals surface area contributed by atoms with Crippen LogP contribution < -0.4 is 0 Å². The van der Waals surface area contributed by atoms with Gasteiger partial charge in [0.05, 0.1) is 11.2 Å². The lowest BCUT2D eigenvalue weighted by Gasteiger charge is -2.18. The minimum absolute atomic E-state index is 0.0157. The normalized spacial score (nSPS) is 12.9. The van der Waals surface area contributed by atoms with E-state index < -0.39 is 0 Å². The van der Waals surface area contributed by atoms with Crippen molar-refractivity contribution in [2.75, 3.05) is 0 Å². The van der Waals surface area contributed by atoms with E-state index in [9.17, 15) is 0 Å². The summed E-state index contributed by atoms with van der Waals surface area (Å²) in [7, 11) is 0. The Balaban J connectivity index is 1.64. The van der Waals surface area contributed by atoms with E-state index in [-0.39, 0.29) is 5.54 Å². The average Bonchev–Trinajstić information content (AvgIpc) is 3.12. The monoisotopic (exact) mass is 346 g/mol. The van der Waals surface area contributed by atoms with Gasteiger partial charge in [0.25, 0.3) is 0 Å². The quantitative estimate of drug-likeness (QED) is 0.526. The van der Waals surface area contributed by atoms with Crippen molar-refractivity contribution in [1.82, 2.24) is 9.78 Å². The van der Waals surface area contributed by atoms with E-state index in [1.54, 1.807) is 0 Å². The summed E-state index contributed by atoms with van der Waals surface area (Å²) in [4.78, 5) is 0. The molecule has 2 heteroatoms. The second-order valence-corrected chi connectivity index (χ2v) is 8.35. The Morgan fingerprint density at radius 2 is 1.65 bits per heavy atom. The Hall–Kier alpha value is -2.35. The third kappa shape index (κ3) is 4.85. The van der Waals surface area contributed by atoms with Gasteiger partial charge in [0.2, 0.25) is 0 Å². The Bertz CT molecular complexity index is 825. The van der Waals surface area contributed by atoms with Crippen molar-refractivity contribution >= 4 is 0 Å². The van der Waals surface area contributed by atoms with Crippen LogP contribution in [0.15, 0.2) is 66.9 Å². The molecule has 0 bridgehead atoms. The molecule has 1 heterocycles. The summed E-state index contributed by atoms with van der Waals surface area (Å²) in [6.45, 7) is 8.88. The van der Waals surface area contributed by atoms with Crippen LogP contribution in [0.5, 0.6) is 0 Å². The topological polar surface area (TPSA) is 17.8 Å². The molecular formula is C24H30N2. The van der Waals surface area contributed by atoms with E-state index in [1.807, 2.05) is 4.68 Å². The van der Waals surface area contributed by atoms with Crippen LogP contribution in [0.2, 0.25) is 0 Å². The SMILES string of the molecule is CC(CCc1ccccc1)Cc1cccc(-c2ccn(C(C)(C)C)n2)c1. The number of aryl methyl sites for hydroxylation is 1. The zero-order valence-corrected chi connectivity index (χ0v) is 16.4. The van der Waals surface area contributed by atoms with Gasteiger partial charge in [-0.05, 0) is 69.2 Å². The summed E-state index contributed by atoms with van der Waals surface area (Å²) < 4.78 is 2.04. The first kappa shape index (κ1) is 18.4. The summed E-state index contributed by atoms with van der Waals surface area (Å²) in [5.74, 6) is 0.664. The standard InChI is InChI=1S/C24H30N2/c1-19(13-14-20-9-6-5-7-10-20)17-21-11-8-12-22(18-21)23-15-16-26(25-23)24(2,3)4/h5-12,15-16,18-19H,13-14,17H2,1-4H3. The minimum atomic E-state index is 0.0157. The number of aromatic nitrogens is 2. The van der Waals surface area contributed by atoms with Crippen LogP contribution >= 0.6 is 0 Å². The third-order valence-corrected chi connectivity index (χ3v) is 4.85. The molecule has 1 aromatic heterocycles. The van der Waals surface area contributed by atoms with Gasteiger partial charge >= 0.3 is 0 Å². The molecule has 0 spiro atoms. The summed E-state index contributed by atoms with van der Waals surface area (Å²) >= 11 is 0. The zero-order chi connectivity index (χ0) is 18.6. The fourth-order valence-electron chi connectivity index (χ4n) is 3.27. The number of hydrogen-bond donors (Lipinski definition) is 0. The highest BCUT2D eigenvalue weighted by molar-refractivity contribution is 5.59. The van der Waals surface area contributed by atoms with Gasteiger partial charge in [-0.3, -0.25) is 4.68 Å². The number of benzene rings is 2. The van der Waals surface area contributed by atoms with E-state index in [1.165, 1.54) is 23.1 Å². The molecule has 1 unspecified atom stereocenters. The van der Waals surface area contributed by atoms with Crippen LogP contribution in [0.4, 0.5) is 0 Å². The predicted octanol–water partition coefficient (Wildman–Crippen LogP) is 6.12. The van der Waals surface area contributed by atoms with Gasteiger partial charge in [-0.15, -0.1) is 0 Å². The Morgan fingerprint density at radius 1 is 0.923 bits per heavy atom. The fraction of sp³-hybridized carbons (Fsp3) is 0.375. The molecule has 0 aliphatic heterocycles. The first-order valence-electron chi connectivity index (χ1n) is 9.61. The molecule has 1 atom stereocenters. The summed E-state index contributed by atoms with van der Waals surface area (Å²) in [6.07, 6.45) is 5.55. The largest absolute Gasteiger partial charge is 0.267 e. The lowest BCUT2D eigenvalue weighted by atomic mass is 9.93. The molecule has 0 saturated heterocycles. The van der Waals surface area contributed by atoms with Crippen LogP contribution in [-0.4, -0.2) is 9.78 Å². The Morgan fingerprint density at radius 3 is 2.35 bits per heavy atom. The van der Waals surface area contributed by atoms with Gasteiger partial charge in [-0.25, -0.2) is 0 Å². The second kappa shape index (κ2) is 7.90. The van der Waals surface area contributed by atoms with Crippen LogP contribution in [0.1, 0.15) is 45.2 Å². The maximum absolute atomic E-state index is 4.76. The van der Waals surface area contributed by atoms with Gasteiger partial charge in [-0.2, -0.15) is 5.10 Å². The zero-order valence-electron chi connectivity index (χ0n) is 16.4. The lowest BCUT2D eigenvalue weighted by Crippen LogP contribution is -2.22. The molecule has 3 aromatic rings. The van der Waals surface area contributed by atoms with Crippen molar-refractivity contribution in [3.05, 3.63) is 78.0 Å². The molecule has 0 fully saturated rings. The summed E-state index contributed by atoms with van der Waals surface area (Å²) in [5, 5.41) is 4.76. The Labute approximate surface area is 157 Å². The summed E-state index contributed by atoms with van der Waals surface area (Å²) in [5.41, 5.74) is 5.11. The fourth-order valence-corrected chi connectivity index (χ4v) is 3.27. The molecule has 0 saturated carbocycles. The molecule has 26 heavy (non-hydrogen) atoms. The molecule has 0 aliphatic rings. The van der Waals surface area contributed by atoms with Gasteiger partial charge in [0.15, 0.2) is 0 Å². The van der Waals surface area contributed by atoms with Crippen molar-refractivity contribution in [1.29, 1.82) is 0 Å². The number of hydrogen-bond acceptors (Lipinski definition) is 1. The van der Waals surface area contributed by atoms with E-state index >= 15 is 0 Å². The molecule has 0 N–H and O–H groups in total. The molecule has 3 rings (SSSR count). The molecule has 2 nitrogen and oxygen atoms in total. The molecule has 0 aliphatic carbocycles. The molecular weight excluding hydrogens is 316 g/mol. The van der Waals surface area contributed by atoms with Crippen LogP contribution in [0, 0.1) is 5.92 Å². The van der Waals surface area contributed by atoms with Crippen molar-refractivity contribution in [3.63, 3.8) is 0 Å². The maximum atomic E-state index is 4.76. The van der Waals surface area contributed by atoms with Crippen LogP contribution in [0.3, 0.4) is 0 Å². The van der Waals surface area contributed by atoms with Gasteiger partial charge in [0, 0.05) is 11.8 Å².